The number of Topliss-reactive ketones (excluding diaryl/α,β-unsaturated/α-hetero) is 1. The van der Waals surface area contributed by atoms with E-state index in [9.17, 15) is 14.4 Å². The molecule has 1 fully saturated rings. The van der Waals surface area contributed by atoms with Crippen molar-refractivity contribution < 1.29 is 19.1 Å². The van der Waals surface area contributed by atoms with Crippen molar-refractivity contribution in [3.63, 3.8) is 0 Å². The Labute approximate surface area is 158 Å². The Morgan fingerprint density at radius 2 is 1.74 bits per heavy atom. The first-order valence-corrected chi connectivity index (χ1v) is 8.99. The van der Waals surface area contributed by atoms with E-state index in [0.29, 0.717) is 5.56 Å². The van der Waals surface area contributed by atoms with Crippen molar-refractivity contribution in [2.45, 2.75) is 27.2 Å². The van der Waals surface area contributed by atoms with Crippen molar-refractivity contribution in [1.82, 2.24) is 0 Å². The van der Waals surface area contributed by atoms with Crippen molar-refractivity contribution in [3.8, 4) is 0 Å². The summed E-state index contributed by atoms with van der Waals surface area (Å²) in [6.07, 6.45) is 0.102. The molecule has 0 aromatic heterocycles. The molecule has 0 aliphatic carbocycles. The van der Waals surface area contributed by atoms with E-state index in [-0.39, 0.29) is 31.3 Å². The lowest BCUT2D eigenvalue weighted by Gasteiger charge is -2.17. The molecule has 1 aliphatic rings. The summed E-state index contributed by atoms with van der Waals surface area (Å²) in [7, 11) is 0. The maximum atomic E-state index is 12.3. The standard InChI is InChI=1S/C22H23NO4/c1-14-4-7-17(8-5-14)20(24)13-27-22(26)18-11-21(25)23(12-18)19-9-6-15(2)16(3)10-19/h4-10,18H,11-13H2,1-3H3/t18-/m1/s1. The van der Waals surface area contributed by atoms with E-state index in [1.807, 2.05) is 51.1 Å². The Morgan fingerprint density at radius 1 is 1.04 bits per heavy atom. The van der Waals surface area contributed by atoms with Crippen LogP contribution in [0.2, 0.25) is 0 Å². The lowest BCUT2D eigenvalue weighted by molar-refractivity contribution is -0.147. The average Bonchev–Trinajstić information content (AvgIpc) is 3.04. The van der Waals surface area contributed by atoms with Crippen LogP contribution in [-0.4, -0.2) is 30.8 Å². The van der Waals surface area contributed by atoms with Crippen LogP contribution in [-0.2, 0) is 14.3 Å². The molecule has 1 saturated heterocycles. The molecule has 27 heavy (non-hydrogen) atoms. The highest BCUT2D eigenvalue weighted by Gasteiger charge is 2.36. The summed E-state index contributed by atoms with van der Waals surface area (Å²) in [6.45, 7) is 5.90. The Bertz CT molecular complexity index is 886. The first-order valence-electron chi connectivity index (χ1n) is 8.99. The molecule has 5 nitrogen and oxygen atoms in total. The van der Waals surface area contributed by atoms with Gasteiger partial charge in [0.15, 0.2) is 12.4 Å². The lowest BCUT2D eigenvalue weighted by atomic mass is 10.1. The molecule has 140 valence electrons. The van der Waals surface area contributed by atoms with Crippen LogP contribution in [0.4, 0.5) is 5.69 Å². The van der Waals surface area contributed by atoms with Gasteiger partial charge in [-0.05, 0) is 44.0 Å². The second-order valence-corrected chi connectivity index (χ2v) is 7.07. The number of carbonyl (C=O) groups is 3. The van der Waals surface area contributed by atoms with Gasteiger partial charge in [-0.2, -0.15) is 0 Å². The smallest absolute Gasteiger partial charge is 0.311 e. The molecule has 0 radical (unpaired) electrons. The van der Waals surface area contributed by atoms with Gasteiger partial charge >= 0.3 is 5.97 Å². The summed E-state index contributed by atoms with van der Waals surface area (Å²) >= 11 is 0. The number of benzene rings is 2. The minimum absolute atomic E-state index is 0.102. The number of esters is 1. The third-order valence-electron chi connectivity index (χ3n) is 4.98. The number of rotatable bonds is 5. The van der Waals surface area contributed by atoms with E-state index in [1.165, 1.54) is 0 Å². The van der Waals surface area contributed by atoms with Crippen molar-refractivity contribution in [1.29, 1.82) is 0 Å². The summed E-state index contributed by atoms with van der Waals surface area (Å²) in [5, 5.41) is 0. The number of ether oxygens (including phenoxy) is 1. The van der Waals surface area contributed by atoms with Gasteiger partial charge in [-0.1, -0.05) is 35.9 Å². The summed E-state index contributed by atoms with van der Waals surface area (Å²) in [5.41, 5.74) is 4.59. The zero-order valence-electron chi connectivity index (χ0n) is 15.8. The molecule has 1 aliphatic heterocycles. The molecule has 5 heteroatoms. The molecule has 0 N–H and O–H groups in total. The van der Waals surface area contributed by atoms with Crippen molar-refractivity contribution in [2.75, 3.05) is 18.1 Å². The van der Waals surface area contributed by atoms with E-state index in [1.54, 1.807) is 17.0 Å². The van der Waals surface area contributed by atoms with E-state index >= 15 is 0 Å². The minimum Gasteiger partial charge on any atom is -0.457 e. The van der Waals surface area contributed by atoms with Crippen molar-refractivity contribution in [3.05, 3.63) is 64.7 Å². The van der Waals surface area contributed by atoms with Gasteiger partial charge in [0.1, 0.15) is 0 Å². The molecule has 1 heterocycles. The van der Waals surface area contributed by atoms with Crippen LogP contribution >= 0.6 is 0 Å². The molecule has 0 unspecified atom stereocenters. The van der Waals surface area contributed by atoms with Gasteiger partial charge in [-0.3, -0.25) is 14.4 Å². The largest absolute Gasteiger partial charge is 0.457 e. The Kier molecular flexibility index (Phi) is 5.40. The number of carbonyl (C=O) groups excluding carboxylic acids is 3. The molecular weight excluding hydrogens is 342 g/mol. The van der Waals surface area contributed by atoms with E-state index < -0.39 is 11.9 Å². The van der Waals surface area contributed by atoms with Crippen LogP contribution < -0.4 is 4.90 Å². The maximum Gasteiger partial charge on any atom is 0.311 e. The number of ketones is 1. The fraction of sp³-hybridized carbons (Fsp3) is 0.318. The van der Waals surface area contributed by atoms with Crippen LogP contribution in [0.3, 0.4) is 0 Å². The quantitative estimate of drug-likeness (QED) is 0.602. The minimum atomic E-state index is -0.551. The number of aryl methyl sites for hydroxylation is 3. The second kappa shape index (κ2) is 7.74. The fourth-order valence-electron chi connectivity index (χ4n) is 3.09. The van der Waals surface area contributed by atoms with Gasteiger partial charge in [0.25, 0.3) is 0 Å². The first kappa shape index (κ1) is 18.8. The summed E-state index contributed by atoms with van der Waals surface area (Å²) < 4.78 is 5.18. The topological polar surface area (TPSA) is 63.7 Å². The normalized spacial score (nSPS) is 16.5. The van der Waals surface area contributed by atoms with Crippen LogP contribution in [0.5, 0.6) is 0 Å². The average molecular weight is 365 g/mol. The lowest BCUT2D eigenvalue weighted by Crippen LogP contribution is -2.27. The van der Waals surface area contributed by atoms with Gasteiger partial charge < -0.3 is 9.64 Å². The maximum absolute atomic E-state index is 12.3. The molecule has 1 atom stereocenters. The monoisotopic (exact) mass is 365 g/mol. The SMILES string of the molecule is Cc1ccc(C(=O)COC(=O)[C@@H]2CC(=O)N(c3ccc(C)c(C)c3)C2)cc1. The first-order chi connectivity index (χ1) is 12.8. The Hall–Kier alpha value is -2.95. The number of hydrogen-bond donors (Lipinski definition) is 0. The highest BCUT2D eigenvalue weighted by molar-refractivity contribution is 6.01. The van der Waals surface area contributed by atoms with Gasteiger partial charge in [0, 0.05) is 24.2 Å². The summed E-state index contributed by atoms with van der Waals surface area (Å²) in [6, 6.07) is 12.9. The Morgan fingerprint density at radius 3 is 2.41 bits per heavy atom. The van der Waals surface area contributed by atoms with Gasteiger partial charge in [-0.25, -0.2) is 0 Å². The third-order valence-corrected chi connectivity index (χ3v) is 4.98. The highest BCUT2D eigenvalue weighted by Crippen LogP contribution is 2.27. The molecule has 2 aromatic rings. The molecule has 1 amide bonds. The van der Waals surface area contributed by atoms with Crippen LogP contribution in [0, 0.1) is 26.7 Å². The third kappa shape index (κ3) is 4.25. The molecule has 2 aromatic carbocycles. The Balaban J connectivity index is 1.59. The van der Waals surface area contributed by atoms with E-state index in [4.69, 9.17) is 4.74 Å². The van der Waals surface area contributed by atoms with E-state index in [2.05, 4.69) is 0 Å². The highest BCUT2D eigenvalue weighted by atomic mass is 16.5. The molecule has 3 rings (SSSR count). The van der Waals surface area contributed by atoms with Gasteiger partial charge in [0.2, 0.25) is 5.91 Å². The van der Waals surface area contributed by atoms with Crippen LogP contribution in [0.25, 0.3) is 0 Å². The summed E-state index contributed by atoms with van der Waals surface area (Å²) in [4.78, 5) is 38.4. The van der Waals surface area contributed by atoms with Crippen LogP contribution in [0.15, 0.2) is 42.5 Å². The predicted molar refractivity (Wildman–Crippen MR) is 103 cm³/mol. The fourth-order valence-corrected chi connectivity index (χ4v) is 3.09. The van der Waals surface area contributed by atoms with Gasteiger partial charge in [-0.15, -0.1) is 0 Å². The van der Waals surface area contributed by atoms with E-state index in [0.717, 1.165) is 22.4 Å². The molecule has 0 bridgehead atoms. The predicted octanol–water partition coefficient (Wildman–Crippen LogP) is 3.39. The molecular formula is C22H23NO4. The zero-order valence-corrected chi connectivity index (χ0v) is 15.8. The number of anilines is 1. The van der Waals surface area contributed by atoms with Crippen molar-refractivity contribution >= 4 is 23.3 Å². The number of amides is 1. The summed E-state index contributed by atoms with van der Waals surface area (Å²) in [5.74, 6) is -1.41. The molecule has 0 spiro atoms. The molecule has 0 saturated carbocycles. The second-order valence-electron chi connectivity index (χ2n) is 7.07. The van der Waals surface area contributed by atoms with Gasteiger partial charge in [0.05, 0.1) is 5.92 Å². The number of hydrogen-bond acceptors (Lipinski definition) is 4. The van der Waals surface area contributed by atoms with Crippen LogP contribution in [0.1, 0.15) is 33.5 Å². The zero-order chi connectivity index (χ0) is 19.6. The number of nitrogens with zero attached hydrogens (tertiary/aromatic N) is 1. The van der Waals surface area contributed by atoms with Crippen molar-refractivity contribution in [2.24, 2.45) is 5.92 Å².